The van der Waals surface area contributed by atoms with E-state index in [0.29, 0.717) is 5.92 Å². The van der Waals surface area contributed by atoms with Crippen molar-refractivity contribution in [1.29, 1.82) is 0 Å². The Hall–Kier alpha value is -1.32. The van der Waals surface area contributed by atoms with Gasteiger partial charge in [-0.05, 0) is 25.7 Å². The number of rotatable bonds is 8. The molecule has 0 aliphatic rings. The molecule has 1 heterocycles. The molecule has 1 aromatic rings. The SMILES string of the molecule is CCCN(CCC)c1cc(NCC(C)C)nc(C)n1. The molecule has 0 aliphatic heterocycles. The van der Waals surface area contributed by atoms with Crippen molar-refractivity contribution in [2.45, 2.75) is 47.5 Å². The third-order valence-electron chi connectivity index (χ3n) is 2.83. The minimum Gasteiger partial charge on any atom is -0.370 e. The second-order valence-electron chi connectivity index (χ2n) is 5.42. The minimum absolute atomic E-state index is 0.612. The number of aryl methyl sites for hydroxylation is 1. The van der Waals surface area contributed by atoms with Crippen molar-refractivity contribution in [2.75, 3.05) is 29.9 Å². The lowest BCUT2D eigenvalue weighted by Crippen LogP contribution is -2.26. The van der Waals surface area contributed by atoms with E-state index >= 15 is 0 Å². The number of anilines is 2. The van der Waals surface area contributed by atoms with Gasteiger partial charge in [-0.3, -0.25) is 0 Å². The molecule has 0 amide bonds. The van der Waals surface area contributed by atoms with Gasteiger partial charge in [-0.15, -0.1) is 0 Å². The highest BCUT2D eigenvalue weighted by Gasteiger charge is 2.09. The Balaban J connectivity index is 2.86. The van der Waals surface area contributed by atoms with E-state index in [0.717, 1.165) is 49.9 Å². The van der Waals surface area contributed by atoms with Crippen LogP contribution in [0.2, 0.25) is 0 Å². The van der Waals surface area contributed by atoms with E-state index in [9.17, 15) is 0 Å². The van der Waals surface area contributed by atoms with Crippen LogP contribution in [0.4, 0.5) is 11.6 Å². The van der Waals surface area contributed by atoms with Crippen LogP contribution in [0.3, 0.4) is 0 Å². The van der Waals surface area contributed by atoms with Gasteiger partial charge in [0.1, 0.15) is 17.5 Å². The first-order valence-electron chi connectivity index (χ1n) is 7.41. The summed E-state index contributed by atoms with van der Waals surface area (Å²) in [5.74, 6) is 3.43. The first-order valence-corrected chi connectivity index (χ1v) is 7.41. The fraction of sp³-hybridized carbons (Fsp3) is 0.733. The lowest BCUT2D eigenvalue weighted by atomic mass is 10.2. The summed E-state index contributed by atoms with van der Waals surface area (Å²) < 4.78 is 0. The quantitative estimate of drug-likeness (QED) is 0.780. The standard InChI is InChI=1S/C15H28N4/c1-6-8-19(9-7-2)15-10-14(16-11-12(3)4)17-13(5)18-15/h10,12H,6-9,11H2,1-5H3,(H,16,17,18). The first-order chi connectivity index (χ1) is 9.06. The van der Waals surface area contributed by atoms with Gasteiger partial charge in [0.25, 0.3) is 0 Å². The molecule has 1 rings (SSSR count). The topological polar surface area (TPSA) is 41.0 Å². The van der Waals surface area contributed by atoms with Gasteiger partial charge in [-0.2, -0.15) is 0 Å². The highest BCUT2D eigenvalue weighted by atomic mass is 15.2. The van der Waals surface area contributed by atoms with Crippen LogP contribution in [0.25, 0.3) is 0 Å². The maximum absolute atomic E-state index is 4.57. The summed E-state index contributed by atoms with van der Waals surface area (Å²) in [5, 5.41) is 3.39. The molecule has 0 spiro atoms. The summed E-state index contributed by atoms with van der Waals surface area (Å²) in [6.07, 6.45) is 2.27. The average molecular weight is 264 g/mol. The van der Waals surface area contributed by atoms with Crippen LogP contribution in [0.1, 0.15) is 46.4 Å². The fourth-order valence-electron chi connectivity index (χ4n) is 1.99. The number of hydrogen-bond acceptors (Lipinski definition) is 4. The Bertz CT molecular complexity index is 370. The number of nitrogens with zero attached hydrogens (tertiary/aromatic N) is 3. The molecule has 108 valence electrons. The molecule has 0 atom stereocenters. The second kappa shape index (κ2) is 7.97. The maximum Gasteiger partial charge on any atom is 0.134 e. The van der Waals surface area contributed by atoms with Gasteiger partial charge in [0.15, 0.2) is 0 Å². The smallest absolute Gasteiger partial charge is 0.134 e. The monoisotopic (exact) mass is 264 g/mol. The molecule has 0 saturated heterocycles. The van der Waals surface area contributed by atoms with Crippen LogP contribution < -0.4 is 10.2 Å². The molecule has 0 fully saturated rings. The van der Waals surface area contributed by atoms with Crippen molar-refractivity contribution in [3.63, 3.8) is 0 Å². The zero-order valence-electron chi connectivity index (χ0n) is 13.0. The third-order valence-corrected chi connectivity index (χ3v) is 2.83. The predicted octanol–water partition coefficient (Wildman–Crippen LogP) is 3.48. The normalized spacial score (nSPS) is 10.8. The molecule has 1 N–H and O–H groups in total. The van der Waals surface area contributed by atoms with Crippen LogP contribution in [-0.2, 0) is 0 Å². The first kappa shape index (κ1) is 15.7. The lowest BCUT2D eigenvalue weighted by Gasteiger charge is -2.23. The second-order valence-corrected chi connectivity index (χ2v) is 5.42. The highest BCUT2D eigenvalue weighted by Crippen LogP contribution is 2.17. The Morgan fingerprint density at radius 1 is 1.16 bits per heavy atom. The van der Waals surface area contributed by atoms with Crippen molar-refractivity contribution >= 4 is 11.6 Å². The van der Waals surface area contributed by atoms with Crippen molar-refractivity contribution in [2.24, 2.45) is 5.92 Å². The van der Waals surface area contributed by atoms with Crippen LogP contribution in [0, 0.1) is 12.8 Å². The molecular weight excluding hydrogens is 236 g/mol. The number of aromatic nitrogens is 2. The fourth-order valence-corrected chi connectivity index (χ4v) is 1.99. The van der Waals surface area contributed by atoms with E-state index in [4.69, 9.17) is 0 Å². The molecule has 0 radical (unpaired) electrons. The Kier molecular flexibility index (Phi) is 6.60. The van der Waals surface area contributed by atoms with Gasteiger partial charge in [0, 0.05) is 25.7 Å². The average Bonchev–Trinajstić information content (AvgIpc) is 2.35. The highest BCUT2D eigenvalue weighted by molar-refractivity contribution is 5.49. The summed E-state index contributed by atoms with van der Waals surface area (Å²) in [4.78, 5) is 11.4. The molecule has 0 bridgehead atoms. The van der Waals surface area contributed by atoms with E-state index in [2.05, 4.69) is 53.9 Å². The van der Waals surface area contributed by atoms with Crippen molar-refractivity contribution in [1.82, 2.24) is 9.97 Å². The van der Waals surface area contributed by atoms with E-state index in [1.807, 2.05) is 6.92 Å². The molecule has 1 aromatic heterocycles. The molecule has 0 aromatic carbocycles. The summed E-state index contributed by atoms with van der Waals surface area (Å²) >= 11 is 0. The van der Waals surface area contributed by atoms with E-state index in [1.165, 1.54) is 0 Å². The molecule has 0 aliphatic carbocycles. The van der Waals surface area contributed by atoms with Crippen LogP contribution in [-0.4, -0.2) is 29.6 Å². The number of hydrogen-bond donors (Lipinski definition) is 1. The van der Waals surface area contributed by atoms with Crippen LogP contribution in [0.15, 0.2) is 6.07 Å². The zero-order valence-corrected chi connectivity index (χ0v) is 13.0. The number of nitrogens with one attached hydrogen (secondary N) is 1. The predicted molar refractivity (Wildman–Crippen MR) is 82.9 cm³/mol. The van der Waals surface area contributed by atoms with E-state index in [-0.39, 0.29) is 0 Å². The van der Waals surface area contributed by atoms with E-state index in [1.54, 1.807) is 0 Å². The Labute approximate surface area is 117 Å². The largest absolute Gasteiger partial charge is 0.370 e. The lowest BCUT2D eigenvalue weighted by molar-refractivity contribution is 0.685. The van der Waals surface area contributed by atoms with Gasteiger partial charge in [0.2, 0.25) is 0 Å². The summed E-state index contributed by atoms with van der Waals surface area (Å²) in [6.45, 7) is 13.8. The van der Waals surface area contributed by atoms with Crippen molar-refractivity contribution < 1.29 is 0 Å². The summed E-state index contributed by atoms with van der Waals surface area (Å²) in [6, 6.07) is 2.07. The summed E-state index contributed by atoms with van der Waals surface area (Å²) in [7, 11) is 0. The van der Waals surface area contributed by atoms with Crippen LogP contribution >= 0.6 is 0 Å². The summed E-state index contributed by atoms with van der Waals surface area (Å²) in [5.41, 5.74) is 0. The third kappa shape index (κ3) is 5.45. The van der Waals surface area contributed by atoms with E-state index < -0.39 is 0 Å². The van der Waals surface area contributed by atoms with Gasteiger partial charge < -0.3 is 10.2 Å². The molecule has 4 heteroatoms. The van der Waals surface area contributed by atoms with Gasteiger partial charge in [-0.25, -0.2) is 9.97 Å². The van der Waals surface area contributed by atoms with Crippen molar-refractivity contribution in [3.8, 4) is 0 Å². The molecule has 0 saturated carbocycles. The van der Waals surface area contributed by atoms with Gasteiger partial charge >= 0.3 is 0 Å². The maximum atomic E-state index is 4.57. The van der Waals surface area contributed by atoms with Gasteiger partial charge in [-0.1, -0.05) is 27.7 Å². The Morgan fingerprint density at radius 3 is 2.32 bits per heavy atom. The molecule has 19 heavy (non-hydrogen) atoms. The van der Waals surface area contributed by atoms with Crippen LogP contribution in [0.5, 0.6) is 0 Å². The minimum atomic E-state index is 0.612. The molecule has 0 unspecified atom stereocenters. The van der Waals surface area contributed by atoms with Gasteiger partial charge in [0.05, 0.1) is 0 Å². The molecule has 4 nitrogen and oxygen atoms in total. The zero-order chi connectivity index (χ0) is 14.3. The Morgan fingerprint density at radius 2 is 1.79 bits per heavy atom. The molecular formula is C15H28N4. The van der Waals surface area contributed by atoms with Crippen molar-refractivity contribution in [3.05, 3.63) is 11.9 Å².